The molecular weight excluding hydrogens is 483 g/mol. The minimum absolute atomic E-state index is 0.0484. The molecule has 0 fully saturated rings. The van der Waals surface area contributed by atoms with Crippen molar-refractivity contribution < 1.29 is 23.3 Å². The van der Waals surface area contributed by atoms with Crippen LogP contribution in [0.5, 0.6) is 0 Å². The van der Waals surface area contributed by atoms with Crippen molar-refractivity contribution in [3.8, 4) is 16.9 Å². The fourth-order valence-electron chi connectivity index (χ4n) is 4.23. The van der Waals surface area contributed by atoms with Crippen LogP contribution in [0.15, 0.2) is 65.6 Å². The number of para-hydroxylation sites is 1. The van der Waals surface area contributed by atoms with Crippen LogP contribution in [0, 0.1) is 20.8 Å². The van der Waals surface area contributed by atoms with Crippen molar-refractivity contribution in [3.63, 3.8) is 0 Å². The van der Waals surface area contributed by atoms with Crippen LogP contribution in [0.1, 0.15) is 47.4 Å². The Morgan fingerprint density at radius 1 is 1.00 bits per heavy atom. The van der Waals surface area contributed by atoms with Crippen LogP contribution in [-0.2, 0) is 19.3 Å². The highest BCUT2D eigenvalue weighted by Gasteiger charge is 2.37. The fraction of sp³-hybridized carbons (Fsp3) is 0.286. The molecule has 2 aromatic carbocycles. The van der Waals surface area contributed by atoms with Gasteiger partial charge in [0, 0.05) is 5.56 Å². The molecule has 0 spiro atoms. The number of nitrogens with zero attached hydrogens (tertiary/aromatic N) is 3. The van der Waals surface area contributed by atoms with Crippen LogP contribution >= 0.6 is 0 Å². The summed E-state index contributed by atoms with van der Waals surface area (Å²) in [6.45, 7) is 8.86. The molecule has 0 aliphatic rings. The Morgan fingerprint density at radius 2 is 1.68 bits per heavy atom. The molecule has 0 bridgehead atoms. The molecule has 6 nitrogen and oxygen atoms in total. The normalized spacial score (nSPS) is 11.3. The van der Waals surface area contributed by atoms with Gasteiger partial charge in [0.1, 0.15) is 5.56 Å². The second-order valence-corrected chi connectivity index (χ2v) is 8.43. The Morgan fingerprint density at radius 3 is 2.27 bits per heavy atom. The van der Waals surface area contributed by atoms with Gasteiger partial charge in [0.2, 0.25) is 6.61 Å². The van der Waals surface area contributed by atoms with Crippen molar-refractivity contribution in [3.05, 3.63) is 105 Å². The van der Waals surface area contributed by atoms with Crippen molar-refractivity contribution in [2.75, 3.05) is 0 Å². The number of pyridine rings is 1. The molecule has 0 unspecified atom stereocenters. The molecule has 2 N–H and O–H groups in total. The molecule has 0 amide bonds. The van der Waals surface area contributed by atoms with E-state index >= 15 is 0 Å². The zero-order valence-electron chi connectivity index (χ0n) is 21.5. The number of hydrogen-bond donors (Lipinski definition) is 1. The summed E-state index contributed by atoms with van der Waals surface area (Å²) < 4.78 is 44.9. The van der Waals surface area contributed by atoms with Gasteiger partial charge >= 0.3 is 6.18 Å². The van der Waals surface area contributed by atoms with Crippen molar-refractivity contribution in [2.24, 2.45) is 0 Å². The van der Waals surface area contributed by atoms with Crippen LogP contribution in [0.3, 0.4) is 0 Å². The van der Waals surface area contributed by atoms with E-state index in [0.29, 0.717) is 11.3 Å². The van der Waals surface area contributed by atoms with E-state index in [4.69, 9.17) is 5.26 Å². The maximum absolute atomic E-state index is 14.0. The summed E-state index contributed by atoms with van der Waals surface area (Å²) in [6, 6.07) is 15.8. The van der Waals surface area contributed by atoms with Gasteiger partial charge < -0.3 is 4.57 Å². The molecule has 0 saturated carbocycles. The predicted octanol–water partition coefficient (Wildman–Crippen LogP) is 6.22. The minimum Gasteiger partial charge on any atom is -0.303 e. The molecule has 0 radical (unpaired) electrons. The Kier molecular flexibility index (Phi) is 8.73. The second-order valence-electron chi connectivity index (χ2n) is 8.43. The lowest BCUT2D eigenvalue weighted by Gasteiger charge is -2.19. The zero-order valence-corrected chi connectivity index (χ0v) is 21.5. The van der Waals surface area contributed by atoms with E-state index in [0.717, 1.165) is 28.4 Å². The molecule has 0 atom stereocenters. The van der Waals surface area contributed by atoms with Crippen molar-refractivity contribution in [1.29, 1.82) is 0 Å². The van der Waals surface area contributed by atoms with Crippen LogP contribution in [-0.4, -0.2) is 24.5 Å². The fourth-order valence-corrected chi connectivity index (χ4v) is 4.23. The summed E-state index contributed by atoms with van der Waals surface area (Å²) in [5.41, 5.74) is 1.94. The average molecular weight is 515 g/mol. The molecule has 2 aromatic heterocycles. The van der Waals surface area contributed by atoms with Gasteiger partial charge in [-0.15, -0.1) is 5.26 Å². The van der Waals surface area contributed by atoms with Gasteiger partial charge in [-0.05, 0) is 50.1 Å². The first-order chi connectivity index (χ1) is 17.6. The lowest BCUT2D eigenvalue weighted by Crippen LogP contribution is -2.30. The SMILES string of the molecule is CC.Cc1ccc(Cn2c(-c3cnn(-c4ccccc4)c3C)cc(C(F)(F)F)c(C[OH+]O)c2=O)c(C)c1. The summed E-state index contributed by atoms with van der Waals surface area (Å²) in [6.07, 6.45) is -3.35. The largest absolute Gasteiger partial charge is 0.417 e. The lowest BCUT2D eigenvalue weighted by atomic mass is 10.0. The van der Waals surface area contributed by atoms with E-state index in [1.54, 1.807) is 11.6 Å². The Balaban J connectivity index is 0.00000186. The Labute approximate surface area is 213 Å². The highest BCUT2D eigenvalue weighted by molar-refractivity contribution is 5.64. The monoisotopic (exact) mass is 514 g/mol. The zero-order chi connectivity index (χ0) is 27.3. The Hall–Kier alpha value is -3.69. The number of benzene rings is 2. The standard InChI is InChI=1S/C26H24F3N3O3.C2H6/c1-16-9-10-19(17(2)11-16)14-31-24(12-23(26(27,28)29)22(15-35-34)25(31)33)21-13-30-32(18(21)3)20-7-5-4-6-8-20;1-2/h4-13,34H,14-15H2,1-3H3;1-2H3/p+1. The van der Waals surface area contributed by atoms with Gasteiger partial charge in [-0.3, -0.25) is 4.79 Å². The third kappa shape index (κ3) is 5.84. The van der Waals surface area contributed by atoms with E-state index < -0.39 is 29.5 Å². The van der Waals surface area contributed by atoms with E-state index in [-0.39, 0.29) is 12.2 Å². The molecule has 4 rings (SSSR count). The number of aryl methyl sites for hydroxylation is 2. The average Bonchev–Trinajstić information content (AvgIpc) is 3.25. The topological polar surface area (TPSA) is 72.8 Å². The maximum Gasteiger partial charge on any atom is 0.417 e. The maximum atomic E-state index is 14.0. The molecule has 4 aromatic rings. The van der Waals surface area contributed by atoms with Gasteiger partial charge in [0.15, 0.2) is 0 Å². The Bertz CT molecular complexity index is 1420. The highest BCUT2D eigenvalue weighted by atomic mass is 19.4. The first-order valence-corrected chi connectivity index (χ1v) is 11.9. The number of alkyl halides is 3. The molecule has 2 heterocycles. The van der Waals surface area contributed by atoms with Crippen LogP contribution in [0.2, 0.25) is 0 Å². The van der Waals surface area contributed by atoms with Gasteiger partial charge in [-0.1, -0.05) is 55.8 Å². The third-order valence-electron chi connectivity index (χ3n) is 6.05. The molecule has 0 saturated heterocycles. The summed E-state index contributed by atoms with van der Waals surface area (Å²) in [5.74, 6) is 0. The first kappa shape index (κ1) is 27.9. The predicted molar refractivity (Wildman–Crippen MR) is 138 cm³/mol. The number of halogens is 3. The second kappa shape index (κ2) is 11.6. The summed E-state index contributed by atoms with van der Waals surface area (Å²) in [5, 5.41) is 13.4. The van der Waals surface area contributed by atoms with Gasteiger partial charge in [0.05, 0.1) is 35.4 Å². The van der Waals surface area contributed by atoms with Crippen molar-refractivity contribution in [2.45, 2.75) is 53.9 Å². The van der Waals surface area contributed by atoms with E-state index in [1.807, 2.05) is 76.2 Å². The number of rotatable bonds is 6. The van der Waals surface area contributed by atoms with E-state index in [9.17, 15) is 18.0 Å². The highest BCUT2D eigenvalue weighted by Crippen LogP contribution is 2.35. The summed E-state index contributed by atoms with van der Waals surface area (Å²) >= 11 is 0. The molecule has 37 heavy (non-hydrogen) atoms. The number of aromatic nitrogens is 3. The smallest absolute Gasteiger partial charge is 0.303 e. The molecular formula is C28H31F3N3O3+. The molecule has 196 valence electrons. The molecule has 0 aliphatic heterocycles. The van der Waals surface area contributed by atoms with Crippen LogP contribution in [0.4, 0.5) is 13.2 Å². The van der Waals surface area contributed by atoms with Crippen LogP contribution < -0.4 is 5.56 Å². The quantitative estimate of drug-likeness (QED) is 0.189. The van der Waals surface area contributed by atoms with Gasteiger partial charge in [-0.25, -0.2) is 9.57 Å². The van der Waals surface area contributed by atoms with Gasteiger partial charge in [-0.2, -0.15) is 18.3 Å². The van der Waals surface area contributed by atoms with Crippen LogP contribution in [0.25, 0.3) is 16.9 Å². The van der Waals surface area contributed by atoms with Crippen molar-refractivity contribution >= 4 is 0 Å². The van der Waals surface area contributed by atoms with Gasteiger partial charge in [0.25, 0.3) is 5.56 Å². The van der Waals surface area contributed by atoms with Crippen molar-refractivity contribution in [1.82, 2.24) is 14.3 Å². The van der Waals surface area contributed by atoms with E-state index in [2.05, 4.69) is 9.99 Å². The number of hydrogen-bond acceptors (Lipinski definition) is 3. The third-order valence-corrected chi connectivity index (χ3v) is 6.05. The first-order valence-electron chi connectivity index (χ1n) is 11.9. The number of aliphatic hydroxyl groups is 1. The lowest BCUT2D eigenvalue weighted by molar-refractivity contribution is -0.388. The van der Waals surface area contributed by atoms with E-state index in [1.165, 1.54) is 10.8 Å². The summed E-state index contributed by atoms with van der Waals surface area (Å²) in [7, 11) is 0. The molecule has 0 aliphatic carbocycles. The minimum atomic E-state index is -4.81. The molecule has 9 heteroatoms. The summed E-state index contributed by atoms with van der Waals surface area (Å²) in [4.78, 5) is 16.3.